The first-order valence-corrected chi connectivity index (χ1v) is 4.71. The first kappa shape index (κ1) is 12.7. The molecule has 0 bridgehead atoms. The maximum atomic E-state index is 10.1. The van der Waals surface area contributed by atoms with Gasteiger partial charge >= 0.3 is 11.9 Å². The van der Waals surface area contributed by atoms with Crippen LogP contribution in [0.2, 0.25) is 0 Å². The second kappa shape index (κ2) is 8.29. The fraction of sp³-hybridized carbons (Fsp3) is 0.600. The van der Waals surface area contributed by atoms with Crippen LogP contribution in [0.15, 0.2) is 12.2 Å². The van der Waals surface area contributed by atoms with Gasteiger partial charge in [-0.25, -0.2) is 0 Å². The summed E-state index contributed by atoms with van der Waals surface area (Å²) in [5.41, 5.74) is 0. The largest absolute Gasteiger partial charge is 0.481 e. The highest BCUT2D eigenvalue weighted by Gasteiger charge is 1.94. The van der Waals surface area contributed by atoms with E-state index in [0.29, 0.717) is 12.8 Å². The molecule has 0 radical (unpaired) electrons. The van der Waals surface area contributed by atoms with E-state index in [4.69, 9.17) is 10.2 Å². The highest BCUT2D eigenvalue weighted by Crippen LogP contribution is 2.01. The molecule has 14 heavy (non-hydrogen) atoms. The summed E-state index contributed by atoms with van der Waals surface area (Å²) in [6.45, 7) is 0. The predicted molar refractivity (Wildman–Crippen MR) is 52.1 cm³/mol. The Kier molecular flexibility index (Phi) is 7.50. The van der Waals surface area contributed by atoms with Gasteiger partial charge in [-0.05, 0) is 25.7 Å². The van der Waals surface area contributed by atoms with Gasteiger partial charge in [0.05, 0.1) is 0 Å². The lowest BCUT2D eigenvalue weighted by Gasteiger charge is -1.93. The lowest BCUT2D eigenvalue weighted by Crippen LogP contribution is -1.93. The van der Waals surface area contributed by atoms with Crippen molar-refractivity contribution in [3.05, 3.63) is 12.2 Å². The second-order valence-corrected chi connectivity index (χ2v) is 3.04. The van der Waals surface area contributed by atoms with Gasteiger partial charge in [-0.1, -0.05) is 12.2 Å². The zero-order valence-electron chi connectivity index (χ0n) is 8.11. The number of carboxylic acids is 2. The number of hydrogen-bond acceptors (Lipinski definition) is 2. The van der Waals surface area contributed by atoms with Crippen molar-refractivity contribution in [3.8, 4) is 0 Å². The van der Waals surface area contributed by atoms with Crippen molar-refractivity contribution in [3.63, 3.8) is 0 Å². The minimum absolute atomic E-state index is 0.158. The maximum Gasteiger partial charge on any atom is 0.303 e. The summed E-state index contributed by atoms with van der Waals surface area (Å²) in [5.74, 6) is -1.56. The van der Waals surface area contributed by atoms with Crippen LogP contribution in [0, 0.1) is 0 Å². The quantitative estimate of drug-likeness (QED) is 0.464. The minimum Gasteiger partial charge on any atom is -0.481 e. The molecule has 80 valence electrons. The Morgan fingerprint density at radius 1 is 0.857 bits per heavy atom. The van der Waals surface area contributed by atoms with Crippen LogP contribution in [0.1, 0.15) is 38.5 Å². The lowest BCUT2D eigenvalue weighted by molar-refractivity contribution is -0.138. The summed E-state index contributed by atoms with van der Waals surface area (Å²) >= 11 is 0. The van der Waals surface area contributed by atoms with Crippen molar-refractivity contribution in [2.45, 2.75) is 38.5 Å². The van der Waals surface area contributed by atoms with Gasteiger partial charge in [-0.3, -0.25) is 9.59 Å². The van der Waals surface area contributed by atoms with Gasteiger partial charge < -0.3 is 10.2 Å². The molecule has 0 saturated heterocycles. The number of allylic oxidation sites excluding steroid dienone is 2. The highest BCUT2D eigenvalue weighted by atomic mass is 16.4. The maximum absolute atomic E-state index is 10.1. The van der Waals surface area contributed by atoms with Gasteiger partial charge in [-0.15, -0.1) is 0 Å². The Balaban J connectivity index is 3.19. The van der Waals surface area contributed by atoms with Crippen molar-refractivity contribution in [2.24, 2.45) is 0 Å². The Hall–Kier alpha value is -1.32. The predicted octanol–water partition coefficient (Wildman–Crippen LogP) is 2.05. The van der Waals surface area contributed by atoms with Crippen molar-refractivity contribution < 1.29 is 19.8 Å². The fourth-order valence-electron chi connectivity index (χ4n) is 0.981. The molecule has 0 atom stereocenters. The molecule has 0 aliphatic carbocycles. The van der Waals surface area contributed by atoms with Gasteiger partial charge in [0, 0.05) is 12.8 Å². The Bertz CT molecular complexity index is 208. The number of carbonyl (C=O) groups is 2. The molecule has 0 aromatic rings. The monoisotopic (exact) mass is 200 g/mol. The van der Waals surface area contributed by atoms with Gasteiger partial charge in [0.25, 0.3) is 0 Å². The Morgan fingerprint density at radius 2 is 1.43 bits per heavy atom. The third-order valence-electron chi connectivity index (χ3n) is 1.70. The van der Waals surface area contributed by atoms with E-state index in [1.165, 1.54) is 0 Å². The van der Waals surface area contributed by atoms with E-state index in [9.17, 15) is 9.59 Å². The Labute approximate surface area is 83.2 Å². The van der Waals surface area contributed by atoms with E-state index < -0.39 is 11.9 Å². The topological polar surface area (TPSA) is 74.6 Å². The van der Waals surface area contributed by atoms with E-state index in [2.05, 4.69) is 0 Å². The molecule has 0 aliphatic heterocycles. The average molecular weight is 200 g/mol. The average Bonchev–Trinajstić information content (AvgIpc) is 2.08. The standard InChI is InChI=1S/C10H16O4/c11-9(12)7-5-3-1-2-4-6-8-10(13)14/h1,3H,2,4-8H2,(H,11,12)(H,13,14)/b3-1+. The fourth-order valence-corrected chi connectivity index (χ4v) is 0.981. The van der Waals surface area contributed by atoms with E-state index in [0.717, 1.165) is 12.8 Å². The van der Waals surface area contributed by atoms with E-state index in [-0.39, 0.29) is 12.8 Å². The third-order valence-corrected chi connectivity index (χ3v) is 1.70. The van der Waals surface area contributed by atoms with Crippen LogP contribution in [-0.4, -0.2) is 22.2 Å². The molecule has 2 N–H and O–H groups in total. The molecule has 0 rings (SSSR count). The molecule has 0 heterocycles. The third kappa shape index (κ3) is 10.7. The highest BCUT2D eigenvalue weighted by molar-refractivity contribution is 5.67. The second-order valence-electron chi connectivity index (χ2n) is 3.04. The number of carboxylic acid groups (broad SMARTS) is 2. The van der Waals surface area contributed by atoms with Crippen molar-refractivity contribution >= 4 is 11.9 Å². The molecule has 0 saturated carbocycles. The summed E-state index contributed by atoms with van der Waals surface area (Å²) < 4.78 is 0. The van der Waals surface area contributed by atoms with Crippen LogP contribution >= 0.6 is 0 Å². The normalized spacial score (nSPS) is 10.6. The molecule has 4 nitrogen and oxygen atoms in total. The molecule has 0 aromatic heterocycles. The number of hydrogen-bond donors (Lipinski definition) is 2. The Morgan fingerprint density at radius 3 is 2.00 bits per heavy atom. The smallest absolute Gasteiger partial charge is 0.303 e. The van der Waals surface area contributed by atoms with Gasteiger partial charge in [0.1, 0.15) is 0 Å². The van der Waals surface area contributed by atoms with Gasteiger partial charge in [-0.2, -0.15) is 0 Å². The van der Waals surface area contributed by atoms with E-state index >= 15 is 0 Å². The first-order valence-electron chi connectivity index (χ1n) is 4.71. The summed E-state index contributed by atoms with van der Waals surface area (Å²) in [4.78, 5) is 20.2. The number of rotatable bonds is 8. The van der Waals surface area contributed by atoms with Crippen LogP contribution in [0.3, 0.4) is 0 Å². The summed E-state index contributed by atoms with van der Waals surface area (Å²) in [6, 6.07) is 0. The molecule has 4 heteroatoms. The van der Waals surface area contributed by atoms with Crippen molar-refractivity contribution in [1.82, 2.24) is 0 Å². The van der Waals surface area contributed by atoms with Crippen LogP contribution in [0.25, 0.3) is 0 Å². The SMILES string of the molecule is O=C(O)CC/C=C/CCCCC(=O)O. The molecule has 0 fully saturated rings. The van der Waals surface area contributed by atoms with Crippen molar-refractivity contribution in [2.75, 3.05) is 0 Å². The summed E-state index contributed by atoms with van der Waals surface area (Å²) in [6.07, 6.45) is 7.00. The number of aliphatic carboxylic acids is 2. The molecule has 0 spiro atoms. The lowest BCUT2D eigenvalue weighted by atomic mass is 10.2. The van der Waals surface area contributed by atoms with E-state index in [1.54, 1.807) is 0 Å². The zero-order valence-corrected chi connectivity index (χ0v) is 8.11. The first-order chi connectivity index (χ1) is 6.63. The van der Waals surface area contributed by atoms with Crippen molar-refractivity contribution in [1.29, 1.82) is 0 Å². The summed E-state index contributed by atoms with van der Waals surface area (Å²) in [5, 5.41) is 16.6. The van der Waals surface area contributed by atoms with Crippen LogP contribution in [-0.2, 0) is 9.59 Å². The molecule has 0 amide bonds. The zero-order chi connectivity index (χ0) is 10.8. The summed E-state index contributed by atoms with van der Waals surface area (Å²) in [7, 11) is 0. The molecule has 0 aromatic carbocycles. The molecule has 0 aliphatic rings. The minimum atomic E-state index is -0.791. The van der Waals surface area contributed by atoms with Crippen LogP contribution in [0.4, 0.5) is 0 Å². The number of unbranched alkanes of at least 4 members (excludes halogenated alkanes) is 2. The van der Waals surface area contributed by atoms with Crippen LogP contribution in [0.5, 0.6) is 0 Å². The van der Waals surface area contributed by atoms with Gasteiger partial charge in [0.15, 0.2) is 0 Å². The molecular weight excluding hydrogens is 184 g/mol. The molecule has 0 unspecified atom stereocenters. The van der Waals surface area contributed by atoms with E-state index in [1.807, 2.05) is 12.2 Å². The van der Waals surface area contributed by atoms with Gasteiger partial charge in [0.2, 0.25) is 0 Å². The van der Waals surface area contributed by atoms with Crippen LogP contribution < -0.4 is 0 Å². The molecular formula is C10H16O4.